The summed E-state index contributed by atoms with van der Waals surface area (Å²) in [5.74, 6) is 4.46. The van der Waals surface area contributed by atoms with Crippen LogP contribution in [0.25, 0.3) is 0 Å². The summed E-state index contributed by atoms with van der Waals surface area (Å²) in [6.45, 7) is 9.43. The zero-order valence-corrected chi connectivity index (χ0v) is 18.8. The molecule has 26 heavy (non-hydrogen) atoms. The monoisotopic (exact) mass is 362 g/mol. The molecule has 3 aliphatic rings. The first kappa shape index (κ1) is 22.3. The summed E-state index contributed by atoms with van der Waals surface area (Å²) < 4.78 is 0. The maximum absolute atomic E-state index is 2.38. The van der Waals surface area contributed by atoms with Crippen LogP contribution < -0.4 is 0 Å². The Hall–Kier alpha value is 0. The third-order valence-corrected chi connectivity index (χ3v) is 8.75. The van der Waals surface area contributed by atoms with Crippen molar-refractivity contribution in [2.24, 2.45) is 29.1 Å². The fourth-order valence-corrected chi connectivity index (χ4v) is 6.74. The highest BCUT2D eigenvalue weighted by molar-refractivity contribution is 4.85. The Morgan fingerprint density at radius 3 is 1.88 bits per heavy atom. The first-order chi connectivity index (χ1) is 12.7. The van der Waals surface area contributed by atoms with E-state index < -0.39 is 0 Å². The van der Waals surface area contributed by atoms with Crippen molar-refractivity contribution in [3.05, 3.63) is 0 Å². The van der Waals surface area contributed by atoms with Gasteiger partial charge in [-0.25, -0.2) is 0 Å². The standard InChI is InChI=1S/C13H24.C13H26/c1-2-6-11-8-5-9-12-7-3-4-10-13(11)12;1-4-7-12-8-10-13(5-2,6-3)11-9-12/h11-13H,2-10H2,1H3;12H,4-11H2,1-3H3. The van der Waals surface area contributed by atoms with Gasteiger partial charge in [0, 0.05) is 0 Å². The van der Waals surface area contributed by atoms with Crippen LogP contribution in [0.15, 0.2) is 0 Å². The number of hydrogen-bond donors (Lipinski definition) is 0. The minimum atomic E-state index is 0.740. The molecule has 0 aromatic heterocycles. The van der Waals surface area contributed by atoms with Crippen molar-refractivity contribution in [1.82, 2.24) is 0 Å². The smallest absolute Gasteiger partial charge is 0.0302 e. The maximum atomic E-state index is 2.38. The van der Waals surface area contributed by atoms with Gasteiger partial charge in [0.15, 0.2) is 0 Å². The minimum absolute atomic E-state index is 0.740. The summed E-state index contributed by atoms with van der Waals surface area (Å²) >= 11 is 0. The van der Waals surface area contributed by atoms with Gasteiger partial charge in [0.05, 0.1) is 0 Å². The van der Waals surface area contributed by atoms with E-state index in [-0.39, 0.29) is 0 Å². The molecule has 3 atom stereocenters. The molecule has 0 spiro atoms. The molecule has 0 nitrogen and oxygen atoms in total. The van der Waals surface area contributed by atoms with Crippen molar-refractivity contribution in [1.29, 1.82) is 0 Å². The van der Waals surface area contributed by atoms with Crippen molar-refractivity contribution in [2.75, 3.05) is 0 Å². The summed E-state index contributed by atoms with van der Waals surface area (Å²) in [7, 11) is 0. The fourth-order valence-electron chi connectivity index (χ4n) is 6.74. The SMILES string of the molecule is CCCC1CCC(CC)(CC)CC1.CCCC1CCCC2CCCCC12. The van der Waals surface area contributed by atoms with Gasteiger partial charge in [-0.2, -0.15) is 0 Å². The summed E-state index contributed by atoms with van der Waals surface area (Å²) in [6, 6.07) is 0. The van der Waals surface area contributed by atoms with Crippen molar-refractivity contribution in [3.8, 4) is 0 Å². The Bertz CT molecular complexity index is 339. The van der Waals surface area contributed by atoms with E-state index >= 15 is 0 Å². The van der Waals surface area contributed by atoms with E-state index in [9.17, 15) is 0 Å². The van der Waals surface area contributed by atoms with Gasteiger partial charge in [-0.1, -0.05) is 105 Å². The van der Waals surface area contributed by atoms with Gasteiger partial charge in [-0.15, -0.1) is 0 Å². The molecule has 3 aliphatic carbocycles. The molecule has 0 bridgehead atoms. The molecule has 0 heteroatoms. The lowest BCUT2D eigenvalue weighted by molar-refractivity contribution is 0.0975. The largest absolute Gasteiger partial charge is 0.0654 e. The lowest BCUT2D eigenvalue weighted by Crippen LogP contribution is -2.30. The molecular weight excluding hydrogens is 312 g/mol. The van der Waals surface area contributed by atoms with E-state index in [1.165, 1.54) is 83.5 Å². The van der Waals surface area contributed by atoms with Crippen LogP contribution in [0.3, 0.4) is 0 Å². The van der Waals surface area contributed by atoms with Gasteiger partial charge >= 0.3 is 0 Å². The number of hydrogen-bond acceptors (Lipinski definition) is 0. The van der Waals surface area contributed by atoms with E-state index in [1.54, 1.807) is 25.7 Å². The first-order valence-corrected chi connectivity index (χ1v) is 12.7. The summed E-state index contributed by atoms with van der Waals surface area (Å²) in [4.78, 5) is 0. The second kappa shape index (κ2) is 11.8. The van der Waals surface area contributed by atoms with Crippen LogP contribution in [0.5, 0.6) is 0 Å². The zero-order valence-electron chi connectivity index (χ0n) is 18.8. The third kappa shape index (κ3) is 6.27. The summed E-state index contributed by atoms with van der Waals surface area (Å²) in [6.07, 6.45) is 25.5. The van der Waals surface area contributed by atoms with Gasteiger partial charge in [-0.3, -0.25) is 0 Å². The third-order valence-electron chi connectivity index (χ3n) is 8.75. The molecule has 3 rings (SSSR count). The van der Waals surface area contributed by atoms with Gasteiger partial charge < -0.3 is 0 Å². The Morgan fingerprint density at radius 1 is 0.654 bits per heavy atom. The molecule has 3 unspecified atom stereocenters. The Kier molecular flexibility index (Phi) is 10.1. The van der Waals surface area contributed by atoms with Gasteiger partial charge in [-0.05, 0) is 61.2 Å². The normalized spacial score (nSPS) is 31.6. The molecule has 3 fully saturated rings. The Labute approximate surface area is 166 Å². The van der Waals surface area contributed by atoms with E-state index in [0.29, 0.717) is 0 Å². The van der Waals surface area contributed by atoms with Crippen LogP contribution in [0.2, 0.25) is 0 Å². The lowest BCUT2D eigenvalue weighted by Gasteiger charge is -2.41. The molecule has 0 aromatic carbocycles. The summed E-state index contributed by atoms with van der Waals surface area (Å²) in [5.41, 5.74) is 0.740. The number of rotatable bonds is 6. The Morgan fingerprint density at radius 2 is 1.27 bits per heavy atom. The predicted molar refractivity (Wildman–Crippen MR) is 118 cm³/mol. The molecule has 154 valence electrons. The molecular formula is C26H50. The molecule has 3 saturated carbocycles. The highest BCUT2D eigenvalue weighted by Crippen LogP contribution is 2.46. The second-order valence-corrected chi connectivity index (χ2v) is 10.1. The van der Waals surface area contributed by atoms with Gasteiger partial charge in [0.2, 0.25) is 0 Å². The second-order valence-electron chi connectivity index (χ2n) is 10.1. The Balaban J connectivity index is 0.000000187. The van der Waals surface area contributed by atoms with Gasteiger partial charge in [0.1, 0.15) is 0 Å². The van der Waals surface area contributed by atoms with Crippen molar-refractivity contribution < 1.29 is 0 Å². The van der Waals surface area contributed by atoms with Crippen LogP contribution in [0.4, 0.5) is 0 Å². The molecule has 0 radical (unpaired) electrons. The molecule has 0 N–H and O–H groups in total. The minimum Gasteiger partial charge on any atom is -0.0654 e. The highest BCUT2D eigenvalue weighted by Gasteiger charge is 2.34. The van der Waals surface area contributed by atoms with Crippen molar-refractivity contribution in [3.63, 3.8) is 0 Å². The highest BCUT2D eigenvalue weighted by atomic mass is 14.4. The molecule has 0 aliphatic heterocycles. The van der Waals surface area contributed by atoms with Crippen molar-refractivity contribution >= 4 is 0 Å². The van der Waals surface area contributed by atoms with E-state index in [2.05, 4.69) is 27.7 Å². The van der Waals surface area contributed by atoms with E-state index in [0.717, 1.165) is 29.1 Å². The van der Waals surface area contributed by atoms with Gasteiger partial charge in [0.25, 0.3) is 0 Å². The van der Waals surface area contributed by atoms with Crippen molar-refractivity contribution in [2.45, 2.75) is 137 Å². The van der Waals surface area contributed by atoms with Crippen LogP contribution in [0.1, 0.15) is 137 Å². The molecule has 0 aromatic rings. The first-order valence-electron chi connectivity index (χ1n) is 12.7. The van der Waals surface area contributed by atoms with Crippen LogP contribution >= 0.6 is 0 Å². The van der Waals surface area contributed by atoms with E-state index in [4.69, 9.17) is 0 Å². The maximum Gasteiger partial charge on any atom is -0.0302 e. The predicted octanol–water partition coefficient (Wildman–Crippen LogP) is 9.18. The molecule has 0 heterocycles. The molecule has 0 amide bonds. The van der Waals surface area contributed by atoms with Crippen LogP contribution in [0, 0.1) is 29.1 Å². The average molecular weight is 363 g/mol. The average Bonchev–Trinajstić information content (AvgIpc) is 2.70. The quantitative estimate of drug-likeness (QED) is 0.441. The number of fused-ring (bicyclic) bond motifs is 1. The fraction of sp³-hybridized carbons (Fsp3) is 1.00. The lowest BCUT2D eigenvalue weighted by atomic mass is 9.64. The van der Waals surface area contributed by atoms with Crippen LogP contribution in [-0.4, -0.2) is 0 Å². The molecule has 0 saturated heterocycles. The summed E-state index contributed by atoms with van der Waals surface area (Å²) in [5, 5.41) is 0. The zero-order chi connectivity index (χ0) is 18.8. The van der Waals surface area contributed by atoms with E-state index in [1.807, 2.05) is 0 Å². The van der Waals surface area contributed by atoms with Crippen LogP contribution in [-0.2, 0) is 0 Å². The topological polar surface area (TPSA) is 0 Å².